The minimum Gasteiger partial charge on any atom is -0.493 e. The normalized spacial score (nSPS) is 15.1. The number of nitrogens with one attached hydrogen (secondary N) is 1. The molecule has 3 heterocycles. The van der Waals surface area contributed by atoms with E-state index in [4.69, 9.17) is 25.2 Å². The Morgan fingerprint density at radius 1 is 0.967 bits per heavy atom. The molecule has 154 valence electrons. The van der Waals surface area contributed by atoms with Gasteiger partial charge in [-0.3, -0.25) is 0 Å². The number of rotatable bonds is 4. The van der Waals surface area contributed by atoms with Gasteiger partial charge in [-0.1, -0.05) is 12.1 Å². The number of para-hydroxylation sites is 2. The van der Waals surface area contributed by atoms with Crippen LogP contribution >= 0.6 is 0 Å². The predicted octanol–water partition coefficient (Wildman–Crippen LogP) is 3.49. The molecule has 0 amide bonds. The van der Waals surface area contributed by atoms with Crippen LogP contribution in [0.5, 0.6) is 11.5 Å². The van der Waals surface area contributed by atoms with Crippen molar-refractivity contribution in [2.45, 2.75) is 18.8 Å². The van der Waals surface area contributed by atoms with Gasteiger partial charge in [0.2, 0.25) is 5.95 Å². The van der Waals surface area contributed by atoms with Crippen molar-refractivity contribution in [2.24, 2.45) is 0 Å². The second kappa shape index (κ2) is 7.37. The van der Waals surface area contributed by atoms with Crippen LogP contribution in [0.15, 0.2) is 36.4 Å². The molecule has 1 fully saturated rings. The maximum atomic E-state index is 6.25. The highest BCUT2D eigenvalue weighted by Crippen LogP contribution is 2.35. The molecule has 1 aliphatic heterocycles. The lowest BCUT2D eigenvalue weighted by molar-refractivity contribution is 0.356. The number of anilines is 2. The molecule has 0 unspecified atom stereocenters. The third kappa shape index (κ3) is 3.14. The van der Waals surface area contributed by atoms with Crippen LogP contribution in [0.25, 0.3) is 21.9 Å². The number of benzene rings is 2. The highest BCUT2D eigenvalue weighted by Gasteiger charge is 2.25. The third-order valence-corrected chi connectivity index (χ3v) is 5.79. The van der Waals surface area contributed by atoms with Crippen molar-refractivity contribution >= 4 is 33.7 Å². The van der Waals surface area contributed by atoms with Crippen LogP contribution in [0.3, 0.4) is 0 Å². The Morgan fingerprint density at radius 2 is 1.70 bits per heavy atom. The topological polar surface area (TPSA) is 102 Å². The van der Waals surface area contributed by atoms with Crippen molar-refractivity contribution in [1.29, 1.82) is 0 Å². The SMILES string of the molecule is COc1cc2nc(N3CCC(c4nc5ccccc5[nH]4)CC3)nc(N)c2cc1OC. The van der Waals surface area contributed by atoms with Gasteiger partial charge in [-0.15, -0.1) is 0 Å². The van der Waals surface area contributed by atoms with E-state index in [2.05, 4.69) is 20.9 Å². The highest BCUT2D eigenvalue weighted by atomic mass is 16.5. The average Bonchev–Trinajstić information content (AvgIpc) is 3.22. The molecule has 30 heavy (non-hydrogen) atoms. The van der Waals surface area contributed by atoms with Gasteiger partial charge in [0.05, 0.1) is 30.8 Å². The van der Waals surface area contributed by atoms with Gasteiger partial charge in [-0.25, -0.2) is 9.97 Å². The fourth-order valence-corrected chi connectivity index (χ4v) is 4.13. The second-order valence-corrected chi connectivity index (χ2v) is 7.53. The summed E-state index contributed by atoms with van der Waals surface area (Å²) in [5.41, 5.74) is 9.10. The van der Waals surface area contributed by atoms with Crippen molar-refractivity contribution in [3.05, 3.63) is 42.2 Å². The smallest absolute Gasteiger partial charge is 0.227 e. The van der Waals surface area contributed by atoms with Gasteiger partial charge in [0, 0.05) is 30.5 Å². The van der Waals surface area contributed by atoms with Gasteiger partial charge in [-0.2, -0.15) is 4.98 Å². The lowest BCUT2D eigenvalue weighted by Crippen LogP contribution is -2.34. The van der Waals surface area contributed by atoms with Gasteiger partial charge in [0.15, 0.2) is 11.5 Å². The maximum absolute atomic E-state index is 6.25. The number of hydrogen-bond donors (Lipinski definition) is 2. The zero-order chi connectivity index (χ0) is 20.7. The summed E-state index contributed by atoms with van der Waals surface area (Å²) < 4.78 is 10.8. The van der Waals surface area contributed by atoms with Gasteiger partial charge in [-0.05, 0) is 31.0 Å². The molecule has 0 atom stereocenters. The summed E-state index contributed by atoms with van der Waals surface area (Å²) in [7, 11) is 3.21. The van der Waals surface area contributed by atoms with Gasteiger partial charge in [0.25, 0.3) is 0 Å². The number of nitrogens with two attached hydrogens (primary N) is 1. The Balaban J connectivity index is 1.38. The number of nitrogens with zero attached hydrogens (tertiary/aromatic N) is 4. The van der Waals surface area contributed by atoms with Crippen LogP contribution in [0, 0.1) is 0 Å². The largest absolute Gasteiger partial charge is 0.493 e. The van der Waals surface area contributed by atoms with E-state index in [1.54, 1.807) is 14.2 Å². The van der Waals surface area contributed by atoms with Crippen LogP contribution in [0.1, 0.15) is 24.6 Å². The summed E-state index contributed by atoms with van der Waals surface area (Å²) in [6, 6.07) is 11.8. The number of nitrogen functional groups attached to an aromatic ring is 1. The second-order valence-electron chi connectivity index (χ2n) is 7.53. The van der Waals surface area contributed by atoms with E-state index in [0.29, 0.717) is 29.2 Å². The predicted molar refractivity (Wildman–Crippen MR) is 117 cm³/mol. The fraction of sp³-hybridized carbons (Fsp3) is 0.318. The van der Waals surface area contributed by atoms with E-state index >= 15 is 0 Å². The van der Waals surface area contributed by atoms with Crippen molar-refractivity contribution < 1.29 is 9.47 Å². The van der Waals surface area contributed by atoms with E-state index in [-0.39, 0.29) is 0 Å². The first-order valence-corrected chi connectivity index (χ1v) is 10.0. The van der Waals surface area contributed by atoms with Crippen LogP contribution in [-0.2, 0) is 0 Å². The molecule has 0 spiro atoms. The Morgan fingerprint density at radius 3 is 2.43 bits per heavy atom. The summed E-state index contributed by atoms with van der Waals surface area (Å²) in [6.07, 6.45) is 1.96. The van der Waals surface area contributed by atoms with E-state index in [0.717, 1.165) is 53.7 Å². The van der Waals surface area contributed by atoms with Crippen LogP contribution in [0.2, 0.25) is 0 Å². The van der Waals surface area contributed by atoms with E-state index in [9.17, 15) is 0 Å². The molecular weight excluding hydrogens is 380 g/mol. The van der Waals surface area contributed by atoms with Crippen LogP contribution < -0.4 is 20.1 Å². The first-order valence-electron chi connectivity index (χ1n) is 10.0. The maximum Gasteiger partial charge on any atom is 0.227 e. The molecule has 8 nitrogen and oxygen atoms in total. The zero-order valence-electron chi connectivity index (χ0n) is 17.1. The lowest BCUT2D eigenvalue weighted by Gasteiger charge is -2.31. The van der Waals surface area contributed by atoms with Crippen LogP contribution in [-0.4, -0.2) is 47.2 Å². The number of fused-ring (bicyclic) bond motifs is 2. The molecule has 4 aromatic rings. The van der Waals surface area contributed by atoms with Gasteiger partial charge >= 0.3 is 0 Å². The highest BCUT2D eigenvalue weighted by molar-refractivity contribution is 5.91. The van der Waals surface area contributed by atoms with Crippen molar-refractivity contribution in [3.8, 4) is 11.5 Å². The molecule has 2 aromatic heterocycles. The number of ether oxygens (including phenoxy) is 2. The van der Waals surface area contributed by atoms with Gasteiger partial charge in [0.1, 0.15) is 11.6 Å². The lowest BCUT2D eigenvalue weighted by atomic mass is 9.96. The third-order valence-electron chi connectivity index (χ3n) is 5.79. The zero-order valence-corrected chi connectivity index (χ0v) is 17.1. The minimum absolute atomic E-state index is 0.399. The van der Waals surface area contributed by atoms with Crippen molar-refractivity contribution in [3.63, 3.8) is 0 Å². The molecular formula is C22H24N6O2. The monoisotopic (exact) mass is 404 g/mol. The van der Waals surface area contributed by atoms with E-state index < -0.39 is 0 Å². The summed E-state index contributed by atoms with van der Waals surface area (Å²) in [6.45, 7) is 1.69. The molecule has 5 rings (SSSR count). The molecule has 0 radical (unpaired) electrons. The number of hydrogen-bond acceptors (Lipinski definition) is 7. The molecule has 0 saturated carbocycles. The standard InChI is InChI=1S/C22H24N6O2/c1-29-18-11-14-17(12-19(18)30-2)26-22(27-20(14)23)28-9-7-13(8-10-28)21-24-15-5-3-4-6-16(15)25-21/h3-6,11-13H,7-10H2,1-2H3,(H,24,25)(H2,23,26,27). The molecule has 8 heteroatoms. The number of H-pyrrole nitrogens is 1. The summed E-state index contributed by atoms with van der Waals surface area (Å²) in [4.78, 5) is 19.7. The van der Waals surface area contributed by atoms with Crippen molar-refractivity contribution in [1.82, 2.24) is 19.9 Å². The number of aromatic amines is 1. The van der Waals surface area contributed by atoms with E-state index in [1.165, 1.54) is 0 Å². The Hall–Kier alpha value is -3.55. The number of piperidine rings is 1. The van der Waals surface area contributed by atoms with E-state index in [1.807, 2.05) is 30.3 Å². The first kappa shape index (κ1) is 18.5. The number of aromatic nitrogens is 4. The summed E-state index contributed by atoms with van der Waals surface area (Å²) in [5, 5.41) is 0.758. The Labute approximate surface area is 174 Å². The minimum atomic E-state index is 0.399. The molecule has 0 bridgehead atoms. The first-order chi connectivity index (χ1) is 14.7. The number of methoxy groups -OCH3 is 2. The Bertz CT molecular complexity index is 1180. The summed E-state index contributed by atoms with van der Waals surface area (Å²) >= 11 is 0. The molecule has 1 aliphatic rings. The van der Waals surface area contributed by atoms with Crippen molar-refractivity contribution in [2.75, 3.05) is 37.9 Å². The quantitative estimate of drug-likeness (QED) is 0.537. The summed E-state index contributed by atoms with van der Waals surface area (Å²) in [5.74, 6) is 3.78. The van der Waals surface area contributed by atoms with Crippen LogP contribution in [0.4, 0.5) is 11.8 Å². The molecule has 3 N–H and O–H groups in total. The average molecular weight is 404 g/mol. The number of imidazole rings is 1. The fourth-order valence-electron chi connectivity index (χ4n) is 4.13. The van der Waals surface area contributed by atoms with Gasteiger partial charge < -0.3 is 25.1 Å². The molecule has 0 aliphatic carbocycles. The molecule has 2 aromatic carbocycles. The Kier molecular flexibility index (Phi) is 4.54. The molecule has 1 saturated heterocycles.